The topological polar surface area (TPSA) is 99.1 Å². The summed E-state index contributed by atoms with van der Waals surface area (Å²) in [4.78, 5) is 24.0. The lowest BCUT2D eigenvalue weighted by molar-refractivity contribution is -0.389. The molecule has 1 amide bonds. The molecule has 0 aliphatic rings. The number of halogens is 1. The Hall–Kier alpha value is -2.23. The second-order valence-electron chi connectivity index (χ2n) is 5.40. The molecule has 2 aromatic heterocycles. The molecule has 0 unspecified atom stereocenters. The maximum absolute atomic E-state index is 12.3. The first-order valence-electron chi connectivity index (χ1n) is 7.46. The van der Waals surface area contributed by atoms with E-state index in [1.165, 1.54) is 10.7 Å². The molecule has 0 aromatic carbocycles. The summed E-state index contributed by atoms with van der Waals surface area (Å²) in [7, 11) is 1.71. The fourth-order valence-corrected chi connectivity index (χ4v) is 2.66. The molecule has 10 heteroatoms. The van der Waals surface area contributed by atoms with Gasteiger partial charge in [-0.25, -0.2) is 0 Å². The summed E-state index contributed by atoms with van der Waals surface area (Å²) in [6.45, 7) is 5.16. The van der Waals surface area contributed by atoms with Crippen molar-refractivity contribution < 1.29 is 9.72 Å². The number of carbonyl (C=O) groups is 1. The molecule has 130 valence electrons. The Morgan fingerprint density at radius 1 is 1.46 bits per heavy atom. The largest absolute Gasteiger partial charge is 0.390 e. The van der Waals surface area contributed by atoms with E-state index in [4.69, 9.17) is 0 Å². The second kappa shape index (κ2) is 7.56. The third-order valence-electron chi connectivity index (χ3n) is 3.62. The van der Waals surface area contributed by atoms with Crippen LogP contribution in [0.5, 0.6) is 0 Å². The van der Waals surface area contributed by atoms with Gasteiger partial charge in [0.1, 0.15) is 0 Å². The molecular formula is C14H19BrN6O3. The molecule has 0 fully saturated rings. The first-order chi connectivity index (χ1) is 11.3. The van der Waals surface area contributed by atoms with Gasteiger partial charge in [0.15, 0.2) is 0 Å². The fraction of sp³-hybridized carbons (Fsp3) is 0.500. The molecule has 0 aliphatic heterocycles. The van der Waals surface area contributed by atoms with E-state index >= 15 is 0 Å². The third-order valence-corrected chi connectivity index (χ3v) is 4.28. The zero-order chi connectivity index (χ0) is 17.9. The molecule has 0 aliphatic carbocycles. The Balaban J connectivity index is 1.94. The van der Waals surface area contributed by atoms with Gasteiger partial charge in [0.2, 0.25) is 5.91 Å². The smallest absolute Gasteiger partial charge is 0.358 e. The summed E-state index contributed by atoms with van der Waals surface area (Å²) in [6, 6.07) is 1.39. The van der Waals surface area contributed by atoms with Gasteiger partial charge in [-0.1, -0.05) is 0 Å². The molecule has 0 bridgehead atoms. The summed E-state index contributed by atoms with van der Waals surface area (Å²) >= 11 is 3.44. The highest BCUT2D eigenvalue weighted by atomic mass is 79.9. The number of hydrogen-bond acceptors (Lipinski definition) is 5. The lowest BCUT2D eigenvalue weighted by atomic mass is 10.3. The van der Waals surface area contributed by atoms with Gasteiger partial charge in [-0.3, -0.25) is 9.48 Å². The van der Waals surface area contributed by atoms with Crippen molar-refractivity contribution in [2.45, 2.75) is 39.9 Å². The molecular weight excluding hydrogens is 380 g/mol. The van der Waals surface area contributed by atoms with Crippen LogP contribution in [0.25, 0.3) is 0 Å². The average Bonchev–Trinajstić information content (AvgIpc) is 3.08. The van der Waals surface area contributed by atoms with Crippen LogP contribution in [0.2, 0.25) is 0 Å². The molecule has 2 rings (SSSR count). The van der Waals surface area contributed by atoms with E-state index in [0.29, 0.717) is 18.8 Å². The van der Waals surface area contributed by atoms with E-state index in [9.17, 15) is 14.9 Å². The number of aryl methyl sites for hydroxylation is 3. The van der Waals surface area contributed by atoms with Crippen LogP contribution in [0.15, 0.2) is 16.7 Å². The Bertz CT molecular complexity index is 754. The van der Waals surface area contributed by atoms with Gasteiger partial charge in [-0.2, -0.15) is 9.78 Å². The van der Waals surface area contributed by atoms with Crippen molar-refractivity contribution >= 4 is 27.7 Å². The molecule has 24 heavy (non-hydrogen) atoms. The van der Waals surface area contributed by atoms with Gasteiger partial charge < -0.3 is 15.0 Å². The maximum atomic E-state index is 12.3. The van der Waals surface area contributed by atoms with E-state index in [1.54, 1.807) is 23.6 Å². The predicted molar refractivity (Wildman–Crippen MR) is 90.3 cm³/mol. The molecule has 0 atom stereocenters. The highest BCUT2D eigenvalue weighted by Crippen LogP contribution is 2.17. The van der Waals surface area contributed by atoms with Crippen LogP contribution in [-0.4, -0.2) is 42.3 Å². The van der Waals surface area contributed by atoms with Gasteiger partial charge in [-0.05, 0) is 34.7 Å². The Labute approximate surface area is 147 Å². The van der Waals surface area contributed by atoms with Crippen LogP contribution >= 0.6 is 15.9 Å². The predicted octanol–water partition coefficient (Wildman–Crippen LogP) is 2.13. The number of carbonyl (C=O) groups excluding carboxylic acids is 1. The van der Waals surface area contributed by atoms with Crippen LogP contribution in [0.4, 0.5) is 5.82 Å². The number of nitrogens with zero attached hydrogens (tertiary/aromatic N) is 6. The van der Waals surface area contributed by atoms with E-state index in [1.807, 2.05) is 13.1 Å². The number of hydrogen-bond donors (Lipinski definition) is 0. The molecule has 0 saturated heterocycles. The van der Waals surface area contributed by atoms with Crippen LogP contribution in [0.3, 0.4) is 0 Å². The van der Waals surface area contributed by atoms with Crippen molar-refractivity contribution in [3.63, 3.8) is 0 Å². The van der Waals surface area contributed by atoms with Gasteiger partial charge in [0.05, 0.1) is 40.1 Å². The SMILES string of the molecule is CCn1cc(Br)c(CN(C)C(=O)CCn2nc([N+](=O)[O-])cc2C)n1. The first-order valence-corrected chi connectivity index (χ1v) is 8.25. The quantitative estimate of drug-likeness (QED) is 0.525. The van der Waals surface area contributed by atoms with Gasteiger partial charge in [-0.15, -0.1) is 0 Å². The maximum Gasteiger partial charge on any atom is 0.390 e. The summed E-state index contributed by atoms with van der Waals surface area (Å²) in [5, 5.41) is 19.0. The molecule has 0 radical (unpaired) electrons. The van der Waals surface area contributed by atoms with E-state index < -0.39 is 4.92 Å². The molecule has 2 aromatic rings. The summed E-state index contributed by atoms with van der Waals surface area (Å²) in [5.74, 6) is -0.284. The Morgan fingerprint density at radius 2 is 2.17 bits per heavy atom. The first kappa shape index (κ1) is 18.1. The normalized spacial score (nSPS) is 10.8. The van der Waals surface area contributed by atoms with Crippen molar-refractivity contribution in [2.24, 2.45) is 0 Å². The van der Waals surface area contributed by atoms with Gasteiger partial charge in [0, 0.05) is 26.2 Å². The third kappa shape index (κ3) is 4.19. The van der Waals surface area contributed by atoms with E-state index in [2.05, 4.69) is 26.1 Å². The standard InChI is InChI=1S/C14H19BrN6O3/c1-4-19-8-11(15)12(16-19)9-18(3)14(22)5-6-20-10(2)7-13(17-20)21(23)24/h7-8H,4-6,9H2,1-3H3. The molecule has 9 nitrogen and oxygen atoms in total. The minimum Gasteiger partial charge on any atom is -0.358 e. The minimum absolute atomic E-state index is 0.0782. The molecule has 0 N–H and O–H groups in total. The summed E-state index contributed by atoms with van der Waals surface area (Å²) in [5.41, 5.74) is 1.44. The van der Waals surface area contributed by atoms with Crippen molar-refractivity contribution in [1.82, 2.24) is 24.5 Å². The number of aromatic nitrogens is 4. The van der Waals surface area contributed by atoms with Crippen molar-refractivity contribution in [3.05, 3.63) is 38.2 Å². The number of nitro groups is 1. The van der Waals surface area contributed by atoms with E-state index in [0.717, 1.165) is 16.7 Å². The van der Waals surface area contributed by atoms with Gasteiger partial charge >= 0.3 is 5.82 Å². The molecule has 2 heterocycles. The minimum atomic E-state index is -0.543. The van der Waals surface area contributed by atoms with Crippen LogP contribution in [0, 0.1) is 17.0 Å². The highest BCUT2D eigenvalue weighted by molar-refractivity contribution is 9.10. The van der Waals surface area contributed by atoms with Crippen molar-refractivity contribution in [1.29, 1.82) is 0 Å². The summed E-state index contributed by atoms with van der Waals surface area (Å²) in [6.07, 6.45) is 2.09. The van der Waals surface area contributed by atoms with Crippen molar-refractivity contribution in [2.75, 3.05) is 7.05 Å². The Morgan fingerprint density at radius 3 is 2.71 bits per heavy atom. The van der Waals surface area contributed by atoms with Crippen LogP contribution in [-0.2, 0) is 24.4 Å². The van der Waals surface area contributed by atoms with Crippen LogP contribution in [0.1, 0.15) is 24.7 Å². The lowest BCUT2D eigenvalue weighted by Crippen LogP contribution is -2.27. The monoisotopic (exact) mass is 398 g/mol. The van der Waals surface area contributed by atoms with Gasteiger partial charge in [0.25, 0.3) is 0 Å². The zero-order valence-corrected chi connectivity index (χ0v) is 15.4. The fourth-order valence-electron chi connectivity index (χ4n) is 2.22. The highest BCUT2D eigenvalue weighted by Gasteiger charge is 2.18. The van der Waals surface area contributed by atoms with Crippen molar-refractivity contribution in [3.8, 4) is 0 Å². The van der Waals surface area contributed by atoms with E-state index in [-0.39, 0.29) is 18.1 Å². The number of rotatable bonds is 7. The average molecular weight is 399 g/mol. The molecule has 0 spiro atoms. The Kier molecular flexibility index (Phi) is 5.71. The number of amides is 1. The van der Waals surface area contributed by atoms with Crippen LogP contribution < -0.4 is 0 Å². The second-order valence-corrected chi connectivity index (χ2v) is 6.26. The molecule has 0 saturated carbocycles. The lowest BCUT2D eigenvalue weighted by Gasteiger charge is -2.16. The summed E-state index contributed by atoms with van der Waals surface area (Å²) < 4.78 is 4.14. The zero-order valence-electron chi connectivity index (χ0n) is 13.8.